The van der Waals surface area contributed by atoms with Crippen LogP contribution in [0.1, 0.15) is 60.3 Å². The van der Waals surface area contributed by atoms with Crippen molar-refractivity contribution in [2.45, 2.75) is 66.3 Å². The van der Waals surface area contributed by atoms with E-state index in [4.69, 9.17) is 4.74 Å². The van der Waals surface area contributed by atoms with Gasteiger partial charge in [-0.25, -0.2) is 0 Å². The van der Waals surface area contributed by atoms with Gasteiger partial charge in [0.05, 0.1) is 0 Å². The predicted molar refractivity (Wildman–Crippen MR) is 91.8 cm³/mol. The Kier molecular flexibility index (Phi) is 8.84. The fourth-order valence-electron chi connectivity index (χ4n) is 3.63. The summed E-state index contributed by atoms with van der Waals surface area (Å²) in [5.41, 5.74) is 0.408. The minimum atomic E-state index is 0.408. The van der Waals surface area contributed by atoms with Gasteiger partial charge < -0.3 is 10.1 Å². The van der Waals surface area contributed by atoms with Crippen LogP contribution in [-0.2, 0) is 4.74 Å². The minimum Gasteiger partial charge on any atom is -0.381 e. The summed E-state index contributed by atoms with van der Waals surface area (Å²) in [5.74, 6) is 0.738. The third kappa shape index (κ3) is 6.25. The van der Waals surface area contributed by atoms with Crippen molar-refractivity contribution in [3.05, 3.63) is 0 Å². The maximum absolute atomic E-state index is 5.63. The third-order valence-corrected chi connectivity index (χ3v) is 4.90. The molecule has 1 N–H and O–H groups in total. The highest BCUT2D eigenvalue weighted by molar-refractivity contribution is 4.89. The van der Waals surface area contributed by atoms with E-state index in [-0.39, 0.29) is 0 Å². The molecule has 1 fully saturated rings. The highest BCUT2D eigenvalue weighted by Gasteiger charge is 2.35. The Balaban J connectivity index is 2.78. The zero-order chi connectivity index (χ0) is 15.7. The van der Waals surface area contributed by atoms with Gasteiger partial charge in [-0.15, -0.1) is 0 Å². The molecule has 1 aliphatic rings. The first-order valence-corrected chi connectivity index (χ1v) is 9.09. The number of nitrogens with zero attached hydrogens (tertiary/aromatic N) is 1. The third-order valence-electron chi connectivity index (χ3n) is 4.90. The summed E-state index contributed by atoms with van der Waals surface area (Å²) in [6.07, 6.45) is 4.93. The SMILES string of the molecule is CCNCC1(CN(CC(C)C)C(CC)CC)CCOCC1. The average molecular weight is 299 g/mol. The lowest BCUT2D eigenvalue weighted by Crippen LogP contribution is -2.50. The fourth-order valence-corrected chi connectivity index (χ4v) is 3.63. The zero-order valence-electron chi connectivity index (χ0n) is 15.1. The van der Waals surface area contributed by atoms with Gasteiger partial charge in [-0.3, -0.25) is 4.90 Å². The van der Waals surface area contributed by atoms with E-state index in [1.54, 1.807) is 0 Å². The van der Waals surface area contributed by atoms with Crippen LogP contribution in [0.25, 0.3) is 0 Å². The molecule has 1 heterocycles. The summed E-state index contributed by atoms with van der Waals surface area (Å²) in [7, 11) is 0. The zero-order valence-corrected chi connectivity index (χ0v) is 15.1. The van der Waals surface area contributed by atoms with Crippen LogP contribution in [0.15, 0.2) is 0 Å². The summed E-state index contributed by atoms with van der Waals surface area (Å²) in [4.78, 5) is 2.77. The largest absolute Gasteiger partial charge is 0.381 e. The smallest absolute Gasteiger partial charge is 0.0472 e. The van der Waals surface area contributed by atoms with Gasteiger partial charge in [0, 0.05) is 38.9 Å². The molecule has 1 saturated heterocycles. The number of ether oxygens (including phenoxy) is 1. The Morgan fingerprint density at radius 1 is 1.10 bits per heavy atom. The maximum Gasteiger partial charge on any atom is 0.0472 e. The first kappa shape index (κ1) is 18.9. The van der Waals surface area contributed by atoms with Gasteiger partial charge >= 0.3 is 0 Å². The standard InChI is InChI=1S/C18H38N2O/c1-6-17(7-2)20(13-16(4)5)15-18(14-19-8-3)9-11-21-12-10-18/h16-17,19H,6-15H2,1-5H3. The van der Waals surface area contributed by atoms with E-state index in [0.29, 0.717) is 5.41 Å². The molecule has 21 heavy (non-hydrogen) atoms. The Labute approximate surface area is 132 Å². The summed E-state index contributed by atoms with van der Waals surface area (Å²) in [5, 5.41) is 3.61. The van der Waals surface area contributed by atoms with E-state index >= 15 is 0 Å². The number of hydrogen-bond donors (Lipinski definition) is 1. The van der Waals surface area contributed by atoms with E-state index in [2.05, 4.69) is 44.8 Å². The van der Waals surface area contributed by atoms with Crippen LogP contribution in [0.4, 0.5) is 0 Å². The molecule has 0 amide bonds. The Hall–Kier alpha value is -0.120. The van der Waals surface area contributed by atoms with Gasteiger partial charge in [-0.2, -0.15) is 0 Å². The summed E-state index contributed by atoms with van der Waals surface area (Å²) < 4.78 is 5.63. The van der Waals surface area contributed by atoms with Crippen molar-refractivity contribution >= 4 is 0 Å². The molecule has 126 valence electrons. The number of rotatable bonds is 10. The quantitative estimate of drug-likeness (QED) is 0.667. The fraction of sp³-hybridized carbons (Fsp3) is 1.00. The molecule has 0 aromatic rings. The minimum absolute atomic E-state index is 0.408. The molecule has 0 bridgehead atoms. The second kappa shape index (κ2) is 9.81. The highest BCUT2D eigenvalue weighted by Crippen LogP contribution is 2.32. The van der Waals surface area contributed by atoms with Gasteiger partial charge in [-0.1, -0.05) is 34.6 Å². The van der Waals surface area contributed by atoms with Gasteiger partial charge in [0.15, 0.2) is 0 Å². The van der Waals surface area contributed by atoms with Crippen molar-refractivity contribution in [2.75, 3.05) is 39.4 Å². The summed E-state index contributed by atoms with van der Waals surface area (Å²) >= 11 is 0. The van der Waals surface area contributed by atoms with E-state index in [0.717, 1.165) is 38.3 Å². The monoisotopic (exact) mass is 298 g/mol. The molecule has 0 aromatic carbocycles. The highest BCUT2D eigenvalue weighted by atomic mass is 16.5. The lowest BCUT2D eigenvalue weighted by atomic mass is 9.79. The van der Waals surface area contributed by atoms with Gasteiger partial charge in [0.1, 0.15) is 0 Å². The van der Waals surface area contributed by atoms with E-state index in [1.165, 1.54) is 38.8 Å². The second-order valence-electron chi connectivity index (χ2n) is 7.19. The molecule has 1 aliphatic heterocycles. The predicted octanol–water partition coefficient (Wildman–Crippen LogP) is 3.54. The lowest BCUT2D eigenvalue weighted by molar-refractivity contribution is -0.0148. The second-order valence-corrected chi connectivity index (χ2v) is 7.19. The molecular formula is C18H38N2O. The summed E-state index contributed by atoms with van der Waals surface area (Å²) in [6, 6.07) is 0.730. The normalized spacial score (nSPS) is 18.9. The molecule has 1 rings (SSSR count). The molecular weight excluding hydrogens is 260 g/mol. The molecule has 0 unspecified atom stereocenters. The Bertz CT molecular complexity index is 258. The van der Waals surface area contributed by atoms with Crippen molar-refractivity contribution in [3.63, 3.8) is 0 Å². The van der Waals surface area contributed by atoms with Gasteiger partial charge in [0.25, 0.3) is 0 Å². The molecule has 3 nitrogen and oxygen atoms in total. The molecule has 0 aromatic heterocycles. The van der Waals surface area contributed by atoms with Crippen molar-refractivity contribution in [1.29, 1.82) is 0 Å². The van der Waals surface area contributed by atoms with E-state index in [1.807, 2.05) is 0 Å². The van der Waals surface area contributed by atoms with E-state index < -0.39 is 0 Å². The first-order chi connectivity index (χ1) is 10.1. The van der Waals surface area contributed by atoms with Crippen LogP contribution in [0.3, 0.4) is 0 Å². The van der Waals surface area contributed by atoms with Crippen molar-refractivity contribution in [2.24, 2.45) is 11.3 Å². The molecule has 0 aliphatic carbocycles. The van der Waals surface area contributed by atoms with Crippen LogP contribution in [0.2, 0.25) is 0 Å². The maximum atomic E-state index is 5.63. The average Bonchev–Trinajstić information content (AvgIpc) is 2.47. The molecule has 0 spiro atoms. The van der Waals surface area contributed by atoms with Crippen LogP contribution in [0, 0.1) is 11.3 Å². The number of nitrogens with one attached hydrogen (secondary N) is 1. The number of hydrogen-bond acceptors (Lipinski definition) is 3. The molecule has 0 saturated carbocycles. The van der Waals surface area contributed by atoms with Gasteiger partial charge in [0.2, 0.25) is 0 Å². The van der Waals surface area contributed by atoms with Crippen LogP contribution in [0.5, 0.6) is 0 Å². The Morgan fingerprint density at radius 3 is 2.19 bits per heavy atom. The van der Waals surface area contributed by atoms with Crippen LogP contribution >= 0.6 is 0 Å². The van der Waals surface area contributed by atoms with Crippen molar-refractivity contribution in [1.82, 2.24) is 10.2 Å². The Morgan fingerprint density at radius 2 is 1.71 bits per heavy atom. The molecule has 0 radical (unpaired) electrons. The van der Waals surface area contributed by atoms with Crippen molar-refractivity contribution in [3.8, 4) is 0 Å². The first-order valence-electron chi connectivity index (χ1n) is 9.09. The lowest BCUT2D eigenvalue weighted by Gasteiger charge is -2.44. The van der Waals surface area contributed by atoms with E-state index in [9.17, 15) is 0 Å². The van der Waals surface area contributed by atoms with Crippen LogP contribution < -0.4 is 5.32 Å². The molecule has 0 atom stereocenters. The van der Waals surface area contributed by atoms with Crippen LogP contribution in [-0.4, -0.2) is 50.3 Å². The van der Waals surface area contributed by atoms with Crippen molar-refractivity contribution < 1.29 is 4.74 Å². The topological polar surface area (TPSA) is 24.5 Å². The van der Waals surface area contributed by atoms with Gasteiger partial charge in [-0.05, 0) is 43.6 Å². The molecule has 3 heteroatoms. The summed E-state index contributed by atoms with van der Waals surface area (Å²) in [6.45, 7) is 18.1.